The average molecular weight is 930 g/mol. The van der Waals surface area contributed by atoms with Crippen molar-refractivity contribution in [3.63, 3.8) is 0 Å². The lowest BCUT2D eigenvalue weighted by Crippen LogP contribution is -2.30. The molecule has 8 heteroatoms. The van der Waals surface area contributed by atoms with E-state index < -0.39 is 0 Å². The number of esters is 2. The molecule has 1 aromatic rings. The van der Waals surface area contributed by atoms with Crippen molar-refractivity contribution in [1.29, 1.82) is 0 Å². The highest BCUT2D eigenvalue weighted by Gasteiger charge is 2.16. The first-order chi connectivity index (χ1) is 32.3. The van der Waals surface area contributed by atoms with Crippen molar-refractivity contribution in [1.82, 2.24) is 19.9 Å². The van der Waals surface area contributed by atoms with Crippen molar-refractivity contribution in [2.75, 3.05) is 19.6 Å². The van der Waals surface area contributed by atoms with Crippen LogP contribution in [0.15, 0.2) is 6.20 Å². The van der Waals surface area contributed by atoms with E-state index in [0.717, 1.165) is 89.7 Å². The van der Waals surface area contributed by atoms with Crippen LogP contribution >= 0.6 is 0 Å². The molecule has 0 spiro atoms. The van der Waals surface area contributed by atoms with Crippen LogP contribution in [0.5, 0.6) is 0 Å². The molecule has 0 N–H and O–H groups in total. The highest BCUT2D eigenvalue weighted by Crippen LogP contribution is 2.20. The van der Waals surface area contributed by atoms with Crippen LogP contribution in [-0.4, -0.2) is 63.7 Å². The Morgan fingerprint density at radius 2 is 0.803 bits per heavy atom. The third-order valence-corrected chi connectivity index (χ3v) is 13.7. The molecule has 0 bridgehead atoms. The average Bonchev–Trinajstić information content (AvgIpc) is 3.75. The summed E-state index contributed by atoms with van der Waals surface area (Å²) in [5.74, 6) is 0.629. The summed E-state index contributed by atoms with van der Waals surface area (Å²) in [5, 5.41) is 8.87. The number of ether oxygens (including phenoxy) is 2. The minimum Gasteiger partial charge on any atom is -0.462 e. The van der Waals surface area contributed by atoms with Crippen molar-refractivity contribution >= 4 is 11.9 Å². The Labute approximate surface area is 410 Å². The molecule has 0 fully saturated rings. The van der Waals surface area contributed by atoms with Gasteiger partial charge >= 0.3 is 11.9 Å². The van der Waals surface area contributed by atoms with E-state index in [-0.39, 0.29) is 24.1 Å². The van der Waals surface area contributed by atoms with Crippen molar-refractivity contribution in [2.45, 2.75) is 324 Å². The van der Waals surface area contributed by atoms with Crippen LogP contribution in [0.3, 0.4) is 0 Å². The lowest BCUT2D eigenvalue weighted by Gasteiger charge is -2.22. The zero-order chi connectivity index (χ0) is 48.0. The molecule has 0 atom stereocenters. The quantitative estimate of drug-likeness (QED) is 0.0475. The number of rotatable bonds is 51. The van der Waals surface area contributed by atoms with Crippen molar-refractivity contribution in [3.8, 4) is 0 Å². The van der Waals surface area contributed by atoms with E-state index in [0.29, 0.717) is 18.8 Å². The molecule has 0 radical (unpaired) electrons. The highest BCUT2D eigenvalue weighted by molar-refractivity contribution is 5.69. The van der Waals surface area contributed by atoms with Gasteiger partial charge in [-0.15, -0.1) is 5.10 Å². The first kappa shape index (κ1) is 62.1. The second kappa shape index (κ2) is 46.8. The van der Waals surface area contributed by atoms with Crippen LogP contribution in [0.4, 0.5) is 0 Å². The highest BCUT2D eigenvalue weighted by atomic mass is 16.5. The third-order valence-electron chi connectivity index (χ3n) is 13.7. The summed E-state index contributed by atoms with van der Waals surface area (Å²) < 4.78 is 14.2. The number of hydrogen-bond acceptors (Lipinski definition) is 7. The topological polar surface area (TPSA) is 86.5 Å². The van der Waals surface area contributed by atoms with Crippen LogP contribution in [0.1, 0.15) is 304 Å². The van der Waals surface area contributed by atoms with Gasteiger partial charge in [0.1, 0.15) is 12.2 Å². The summed E-state index contributed by atoms with van der Waals surface area (Å²) >= 11 is 0. The molecule has 388 valence electrons. The zero-order valence-electron chi connectivity index (χ0n) is 45.1. The molecular weight excluding hydrogens is 817 g/mol. The van der Waals surface area contributed by atoms with E-state index in [1.807, 2.05) is 4.68 Å². The number of aromatic nitrogens is 3. The van der Waals surface area contributed by atoms with Crippen molar-refractivity contribution in [3.05, 3.63) is 11.9 Å². The molecule has 1 heterocycles. The van der Waals surface area contributed by atoms with E-state index in [9.17, 15) is 9.59 Å². The van der Waals surface area contributed by atoms with Crippen LogP contribution in [0.2, 0.25) is 0 Å². The van der Waals surface area contributed by atoms with Gasteiger partial charge in [0.15, 0.2) is 0 Å². The molecule has 66 heavy (non-hydrogen) atoms. The van der Waals surface area contributed by atoms with Crippen LogP contribution in [0, 0.1) is 5.92 Å². The lowest BCUT2D eigenvalue weighted by atomic mass is 10.0. The van der Waals surface area contributed by atoms with Crippen LogP contribution in [0.25, 0.3) is 0 Å². The summed E-state index contributed by atoms with van der Waals surface area (Å²) in [4.78, 5) is 28.5. The first-order valence-electron chi connectivity index (χ1n) is 29.3. The minimum absolute atomic E-state index is 0.0268. The van der Waals surface area contributed by atoms with Gasteiger partial charge in [-0.25, -0.2) is 0 Å². The maximum atomic E-state index is 12.9. The Bertz CT molecular complexity index is 1090. The molecule has 0 saturated heterocycles. The molecule has 1 aromatic heterocycles. The van der Waals surface area contributed by atoms with Gasteiger partial charge in [0, 0.05) is 25.6 Å². The van der Waals surface area contributed by atoms with Gasteiger partial charge in [0.25, 0.3) is 0 Å². The molecule has 0 aliphatic carbocycles. The van der Waals surface area contributed by atoms with Crippen LogP contribution < -0.4 is 0 Å². The van der Waals surface area contributed by atoms with E-state index >= 15 is 0 Å². The summed E-state index contributed by atoms with van der Waals surface area (Å²) in [5.41, 5.74) is 1.08. The fourth-order valence-electron chi connectivity index (χ4n) is 9.43. The Kier molecular flexibility index (Phi) is 44.0. The van der Waals surface area contributed by atoms with Gasteiger partial charge in [-0.05, 0) is 102 Å². The second-order valence-corrected chi connectivity index (χ2v) is 20.9. The van der Waals surface area contributed by atoms with Gasteiger partial charge in [0.05, 0.1) is 12.2 Å². The molecule has 8 nitrogen and oxygen atoms in total. The maximum Gasteiger partial charge on any atom is 0.306 e. The SMILES string of the molecule is CCCCCCCCC(CCCCCCCC)OC(=O)CCCCCCCN(CCCCCCCC(=O)OC(CCCCCCCC)CCCCCCCC)CCn1cc(CC(C)C)nn1. The Morgan fingerprint density at radius 3 is 1.17 bits per heavy atom. The van der Waals surface area contributed by atoms with Crippen molar-refractivity contribution < 1.29 is 19.1 Å². The van der Waals surface area contributed by atoms with E-state index in [4.69, 9.17) is 9.47 Å². The zero-order valence-corrected chi connectivity index (χ0v) is 45.1. The largest absolute Gasteiger partial charge is 0.462 e. The molecule has 0 unspecified atom stereocenters. The fraction of sp³-hybridized carbons (Fsp3) is 0.931. The lowest BCUT2D eigenvalue weighted by molar-refractivity contribution is -0.151. The summed E-state index contributed by atoms with van der Waals surface area (Å²) in [6, 6.07) is 0. The van der Waals surface area contributed by atoms with Gasteiger partial charge in [0.2, 0.25) is 0 Å². The minimum atomic E-state index is 0.0268. The molecule has 0 aliphatic heterocycles. The van der Waals surface area contributed by atoms with E-state index in [2.05, 4.69) is 63.0 Å². The number of hydrogen-bond donors (Lipinski definition) is 0. The molecule has 0 aliphatic rings. The Hall–Kier alpha value is -1.96. The second-order valence-electron chi connectivity index (χ2n) is 20.9. The fourth-order valence-corrected chi connectivity index (χ4v) is 9.43. The van der Waals surface area contributed by atoms with E-state index in [1.54, 1.807) is 0 Å². The number of unbranched alkanes of at least 4 members (excludes halogenated alkanes) is 28. The Morgan fingerprint density at radius 1 is 0.470 bits per heavy atom. The van der Waals surface area contributed by atoms with Gasteiger partial charge in [-0.3, -0.25) is 14.3 Å². The summed E-state index contributed by atoms with van der Waals surface area (Å²) in [6.07, 6.45) is 50.6. The molecule has 1 rings (SSSR count). The standard InChI is InChI=1S/C58H112N4O4/c1-7-11-15-19-25-33-41-55(42-34-26-20-16-12-8-2)65-57(63)45-37-29-23-31-39-47-61(49-50-62-52-54(59-60-62)51-53(5)6)48-40-32-24-30-38-46-58(64)66-56(43-35-27-21-17-13-9-3)44-36-28-22-18-14-10-4/h52-53,55-56H,7-51H2,1-6H3. The predicted octanol–water partition coefficient (Wildman–Crippen LogP) is 17.3. The number of carbonyl (C=O) groups excluding carboxylic acids is 2. The van der Waals surface area contributed by atoms with E-state index in [1.165, 1.54) is 193 Å². The maximum absolute atomic E-state index is 12.9. The van der Waals surface area contributed by atoms with Crippen molar-refractivity contribution in [2.24, 2.45) is 5.92 Å². The van der Waals surface area contributed by atoms with Crippen LogP contribution in [-0.2, 0) is 32.0 Å². The van der Waals surface area contributed by atoms with Gasteiger partial charge in [-0.2, -0.15) is 0 Å². The predicted molar refractivity (Wildman–Crippen MR) is 282 cm³/mol. The molecule has 0 amide bonds. The Balaban J connectivity index is 2.48. The summed E-state index contributed by atoms with van der Waals surface area (Å²) in [6.45, 7) is 17.6. The molecule has 0 aromatic carbocycles. The monoisotopic (exact) mass is 929 g/mol. The number of nitrogens with zero attached hydrogens (tertiary/aromatic N) is 4. The number of carbonyl (C=O) groups is 2. The first-order valence-corrected chi connectivity index (χ1v) is 29.3. The molecule has 0 saturated carbocycles. The third kappa shape index (κ3) is 40.0. The van der Waals surface area contributed by atoms with Gasteiger partial charge in [-0.1, -0.05) is 214 Å². The summed E-state index contributed by atoms with van der Waals surface area (Å²) in [7, 11) is 0. The molecular formula is C58H112N4O4. The normalized spacial score (nSPS) is 11.8. The smallest absolute Gasteiger partial charge is 0.306 e. The van der Waals surface area contributed by atoms with Gasteiger partial charge < -0.3 is 14.4 Å².